The van der Waals surface area contributed by atoms with Gasteiger partial charge in [0.25, 0.3) is 0 Å². The second-order valence-corrected chi connectivity index (χ2v) is 3.18. The Morgan fingerprint density at radius 1 is 1.43 bits per heavy atom. The number of benzene rings is 1. The first-order valence-electron chi connectivity index (χ1n) is 4.83. The smallest absolute Gasteiger partial charge is 0.146 e. The van der Waals surface area contributed by atoms with Gasteiger partial charge in [0.1, 0.15) is 5.82 Å². The van der Waals surface area contributed by atoms with Crippen LogP contribution in [0.4, 0.5) is 10.1 Å². The van der Waals surface area contributed by atoms with Crippen LogP contribution in [0.5, 0.6) is 0 Å². The van der Waals surface area contributed by atoms with Gasteiger partial charge in [-0.2, -0.15) is 0 Å². The van der Waals surface area contributed by atoms with Crippen molar-refractivity contribution >= 4 is 5.69 Å². The Morgan fingerprint density at radius 2 is 2.14 bits per heavy atom. The average molecular weight is 197 g/mol. The van der Waals surface area contributed by atoms with E-state index in [0.717, 1.165) is 0 Å². The van der Waals surface area contributed by atoms with E-state index in [1.807, 2.05) is 13.8 Å². The van der Waals surface area contributed by atoms with E-state index < -0.39 is 0 Å². The maximum atomic E-state index is 13.2. The summed E-state index contributed by atoms with van der Waals surface area (Å²) in [6, 6.07) is 6.76. The molecule has 1 unspecified atom stereocenters. The summed E-state index contributed by atoms with van der Waals surface area (Å²) >= 11 is 0. The van der Waals surface area contributed by atoms with E-state index in [2.05, 4.69) is 5.32 Å². The number of anilines is 1. The van der Waals surface area contributed by atoms with Crippen LogP contribution < -0.4 is 5.32 Å². The molecule has 1 rings (SSSR count). The van der Waals surface area contributed by atoms with Crippen molar-refractivity contribution in [2.45, 2.75) is 19.9 Å². The predicted molar refractivity (Wildman–Crippen MR) is 56.0 cm³/mol. The molecule has 0 heterocycles. The largest absolute Gasteiger partial charge is 0.380 e. The third-order valence-electron chi connectivity index (χ3n) is 1.85. The second-order valence-electron chi connectivity index (χ2n) is 3.18. The standard InChI is InChI=1S/C11H16FNO/c1-3-14-8-9(2)13-11-7-5-4-6-10(11)12/h4-7,9,13H,3,8H2,1-2H3. The Morgan fingerprint density at radius 3 is 2.79 bits per heavy atom. The lowest BCUT2D eigenvalue weighted by atomic mass is 10.2. The van der Waals surface area contributed by atoms with Gasteiger partial charge in [0, 0.05) is 12.6 Å². The number of para-hydroxylation sites is 1. The van der Waals surface area contributed by atoms with Gasteiger partial charge in [0.15, 0.2) is 0 Å². The molecule has 0 saturated heterocycles. The lowest BCUT2D eigenvalue weighted by molar-refractivity contribution is 0.141. The van der Waals surface area contributed by atoms with E-state index in [1.165, 1.54) is 6.07 Å². The van der Waals surface area contributed by atoms with Crippen LogP contribution in [0.2, 0.25) is 0 Å². The van der Waals surface area contributed by atoms with Crippen LogP contribution >= 0.6 is 0 Å². The molecule has 0 spiro atoms. The van der Waals surface area contributed by atoms with Crippen molar-refractivity contribution in [3.8, 4) is 0 Å². The zero-order valence-electron chi connectivity index (χ0n) is 8.59. The number of rotatable bonds is 5. The maximum absolute atomic E-state index is 13.2. The van der Waals surface area contributed by atoms with Gasteiger partial charge >= 0.3 is 0 Å². The number of halogens is 1. The summed E-state index contributed by atoms with van der Waals surface area (Å²) in [7, 11) is 0. The highest BCUT2D eigenvalue weighted by Gasteiger charge is 2.04. The van der Waals surface area contributed by atoms with Crippen molar-refractivity contribution < 1.29 is 9.13 Å². The van der Waals surface area contributed by atoms with Crippen molar-refractivity contribution in [1.29, 1.82) is 0 Å². The molecule has 0 saturated carbocycles. The summed E-state index contributed by atoms with van der Waals surface area (Å²) < 4.78 is 18.4. The molecule has 0 radical (unpaired) electrons. The van der Waals surface area contributed by atoms with E-state index >= 15 is 0 Å². The quantitative estimate of drug-likeness (QED) is 0.783. The molecule has 0 aliphatic rings. The van der Waals surface area contributed by atoms with Gasteiger partial charge in [-0.25, -0.2) is 4.39 Å². The molecule has 0 bridgehead atoms. The van der Waals surface area contributed by atoms with Gasteiger partial charge in [-0.05, 0) is 26.0 Å². The van der Waals surface area contributed by atoms with Crippen molar-refractivity contribution in [2.24, 2.45) is 0 Å². The molecule has 0 amide bonds. The Kier molecular flexibility index (Phi) is 4.40. The Hall–Kier alpha value is -1.09. The van der Waals surface area contributed by atoms with E-state index in [0.29, 0.717) is 18.9 Å². The molecule has 0 aliphatic carbocycles. The van der Waals surface area contributed by atoms with Crippen molar-refractivity contribution in [3.05, 3.63) is 30.1 Å². The van der Waals surface area contributed by atoms with Gasteiger partial charge in [-0.3, -0.25) is 0 Å². The van der Waals surface area contributed by atoms with Crippen LogP contribution in [-0.2, 0) is 4.74 Å². The van der Waals surface area contributed by atoms with Gasteiger partial charge in [-0.15, -0.1) is 0 Å². The minimum Gasteiger partial charge on any atom is -0.380 e. The number of hydrogen-bond donors (Lipinski definition) is 1. The molecular weight excluding hydrogens is 181 g/mol. The minimum atomic E-state index is -0.226. The summed E-state index contributed by atoms with van der Waals surface area (Å²) in [5.74, 6) is -0.226. The van der Waals surface area contributed by atoms with Crippen molar-refractivity contribution in [3.63, 3.8) is 0 Å². The molecule has 14 heavy (non-hydrogen) atoms. The summed E-state index contributed by atoms with van der Waals surface area (Å²) in [5.41, 5.74) is 0.528. The fourth-order valence-electron chi connectivity index (χ4n) is 1.18. The highest BCUT2D eigenvalue weighted by atomic mass is 19.1. The SMILES string of the molecule is CCOCC(C)Nc1ccccc1F. The van der Waals surface area contributed by atoms with Crippen LogP contribution in [0.1, 0.15) is 13.8 Å². The van der Waals surface area contributed by atoms with Crippen molar-refractivity contribution in [1.82, 2.24) is 0 Å². The van der Waals surface area contributed by atoms with Gasteiger partial charge in [0.05, 0.1) is 12.3 Å². The number of hydrogen-bond acceptors (Lipinski definition) is 2. The van der Waals surface area contributed by atoms with Gasteiger partial charge in [0.2, 0.25) is 0 Å². The highest BCUT2D eigenvalue weighted by Crippen LogP contribution is 2.13. The van der Waals surface area contributed by atoms with Crippen LogP contribution in [0, 0.1) is 5.82 Å². The van der Waals surface area contributed by atoms with E-state index in [9.17, 15) is 4.39 Å². The summed E-state index contributed by atoms with van der Waals surface area (Å²) in [4.78, 5) is 0. The Bertz CT molecular complexity index is 278. The number of ether oxygens (including phenoxy) is 1. The molecule has 3 heteroatoms. The first-order chi connectivity index (χ1) is 6.74. The van der Waals surface area contributed by atoms with Crippen LogP contribution in [0.15, 0.2) is 24.3 Å². The molecule has 1 aromatic carbocycles. The molecule has 0 aromatic heterocycles. The molecule has 1 N–H and O–H groups in total. The Labute approximate surface area is 84.1 Å². The van der Waals surface area contributed by atoms with Crippen LogP contribution in [-0.4, -0.2) is 19.3 Å². The molecule has 0 aliphatic heterocycles. The highest BCUT2D eigenvalue weighted by molar-refractivity contribution is 5.44. The van der Waals surface area contributed by atoms with Crippen molar-refractivity contribution in [2.75, 3.05) is 18.5 Å². The third kappa shape index (κ3) is 3.34. The Balaban J connectivity index is 2.47. The van der Waals surface area contributed by atoms with E-state index in [1.54, 1.807) is 18.2 Å². The van der Waals surface area contributed by atoms with E-state index in [-0.39, 0.29) is 11.9 Å². The maximum Gasteiger partial charge on any atom is 0.146 e. The van der Waals surface area contributed by atoms with Gasteiger partial charge in [-0.1, -0.05) is 12.1 Å². The molecule has 1 atom stereocenters. The lowest BCUT2D eigenvalue weighted by Gasteiger charge is -2.15. The summed E-state index contributed by atoms with van der Waals surface area (Å²) in [6.45, 7) is 5.17. The lowest BCUT2D eigenvalue weighted by Crippen LogP contribution is -2.22. The molecular formula is C11H16FNO. The molecule has 0 fully saturated rings. The average Bonchev–Trinajstić information content (AvgIpc) is 2.18. The van der Waals surface area contributed by atoms with Gasteiger partial charge < -0.3 is 10.1 Å². The topological polar surface area (TPSA) is 21.3 Å². The first kappa shape index (κ1) is 11.0. The summed E-state index contributed by atoms with van der Waals surface area (Å²) in [6.07, 6.45) is 0. The fourth-order valence-corrected chi connectivity index (χ4v) is 1.18. The zero-order valence-corrected chi connectivity index (χ0v) is 8.59. The normalized spacial score (nSPS) is 12.5. The monoisotopic (exact) mass is 197 g/mol. The molecule has 78 valence electrons. The third-order valence-corrected chi connectivity index (χ3v) is 1.85. The van der Waals surface area contributed by atoms with Crippen LogP contribution in [0.3, 0.4) is 0 Å². The predicted octanol–water partition coefficient (Wildman–Crippen LogP) is 2.66. The fraction of sp³-hybridized carbons (Fsp3) is 0.455. The molecule has 2 nitrogen and oxygen atoms in total. The van der Waals surface area contributed by atoms with E-state index in [4.69, 9.17) is 4.74 Å². The second kappa shape index (κ2) is 5.60. The number of nitrogens with one attached hydrogen (secondary N) is 1. The molecule has 1 aromatic rings. The minimum absolute atomic E-state index is 0.117. The first-order valence-corrected chi connectivity index (χ1v) is 4.83. The summed E-state index contributed by atoms with van der Waals surface area (Å²) in [5, 5.41) is 3.04. The zero-order chi connectivity index (χ0) is 10.4. The van der Waals surface area contributed by atoms with Crippen LogP contribution in [0.25, 0.3) is 0 Å².